The molecule has 5 heteroatoms. The van der Waals surface area contributed by atoms with Crippen molar-refractivity contribution in [3.63, 3.8) is 0 Å². The number of fused-ring (bicyclic) bond motifs is 2. The lowest BCUT2D eigenvalue weighted by Gasteiger charge is -2.25. The van der Waals surface area contributed by atoms with Gasteiger partial charge in [-0.2, -0.15) is 0 Å². The molecule has 3 atom stereocenters. The van der Waals surface area contributed by atoms with E-state index in [4.69, 9.17) is 20.3 Å². The minimum absolute atomic E-state index is 0.0596. The Morgan fingerprint density at radius 3 is 2.77 bits per heavy atom. The summed E-state index contributed by atoms with van der Waals surface area (Å²) in [6, 6.07) is 3.64. The summed E-state index contributed by atoms with van der Waals surface area (Å²) in [7, 11) is 1.60. The molecule has 3 N–H and O–H groups in total. The number of benzene rings is 1. The van der Waals surface area contributed by atoms with Gasteiger partial charge in [0.1, 0.15) is 6.10 Å². The van der Waals surface area contributed by atoms with Gasteiger partial charge in [0.25, 0.3) is 0 Å². The maximum absolute atomic E-state index is 10.8. The topological polar surface area (TPSA) is 81.8 Å². The summed E-state index contributed by atoms with van der Waals surface area (Å²) in [5.41, 5.74) is 7.55. The second kappa shape index (κ2) is 6.07. The number of carbonyl (C=O) groups is 1. The van der Waals surface area contributed by atoms with Crippen molar-refractivity contribution in [2.75, 3.05) is 12.8 Å². The van der Waals surface area contributed by atoms with Gasteiger partial charge in [-0.3, -0.25) is 4.79 Å². The van der Waals surface area contributed by atoms with E-state index in [-0.39, 0.29) is 12.5 Å². The van der Waals surface area contributed by atoms with Crippen LogP contribution in [0.25, 0.3) is 0 Å². The third-order valence-corrected chi connectivity index (χ3v) is 5.02. The van der Waals surface area contributed by atoms with Gasteiger partial charge in [-0.25, -0.2) is 0 Å². The quantitative estimate of drug-likeness (QED) is 0.790. The number of aryl methyl sites for hydroxylation is 1. The Balaban J connectivity index is 1.81. The molecule has 1 aromatic rings. The number of anilines is 1. The van der Waals surface area contributed by atoms with Crippen molar-refractivity contribution in [3.8, 4) is 11.5 Å². The number of carboxylic acids is 1. The molecule has 22 heavy (non-hydrogen) atoms. The van der Waals surface area contributed by atoms with Crippen LogP contribution in [0.1, 0.15) is 37.7 Å². The molecule has 3 rings (SSSR count). The number of aliphatic carboxylic acids is 1. The summed E-state index contributed by atoms with van der Waals surface area (Å²) in [5.74, 6) is 1.79. The molecule has 2 aliphatic rings. The molecule has 2 bridgehead atoms. The zero-order valence-electron chi connectivity index (χ0n) is 12.9. The van der Waals surface area contributed by atoms with E-state index in [0.29, 0.717) is 29.5 Å². The Bertz CT molecular complexity index is 572. The standard InChI is InChI=1S/C17H23NO4/c1-21-13-6-4-11(5-7-15(19)20)16(18)17(13)22-14-9-10-2-3-12(14)8-10/h4,6,10,12,14H,2-3,5,7-9,18H2,1H3,(H,19,20). The molecule has 3 unspecified atom stereocenters. The van der Waals surface area contributed by atoms with Gasteiger partial charge in [-0.15, -0.1) is 0 Å². The highest BCUT2D eigenvalue weighted by Crippen LogP contribution is 2.48. The highest BCUT2D eigenvalue weighted by Gasteiger charge is 2.41. The van der Waals surface area contributed by atoms with E-state index in [1.165, 1.54) is 19.3 Å². The second-order valence-corrected chi connectivity index (χ2v) is 6.39. The summed E-state index contributed by atoms with van der Waals surface area (Å²) in [6.45, 7) is 0. The summed E-state index contributed by atoms with van der Waals surface area (Å²) in [6.07, 6.45) is 5.57. The van der Waals surface area contributed by atoms with Gasteiger partial charge in [-0.1, -0.05) is 6.07 Å². The van der Waals surface area contributed by atoms with Crippen LogP contribution in [-0.2, 0) is 11.2 Å². The molecule has 2 saturated carbocycles. The van der Waals surface area contributed by atoms with Crippen molar-refractivity contribution in [1.82, 2.24) is 0 Å². The van der Waals surface area contributed by atoms with Gasteiger partial charge in [0, 0.05) is 6.42 Å². The van der Waals surface area contributed by atoms with Crippen LogP contribution >= 0.6 is 0 Å². The molecular formula is C17H23NO4. The lowest BCUT2D eigenvalue weighted by Crippen LogP contribution is -2.24. The monoisotopic (exact) mass is 305 g/mol. The Morgan fingerprint density at radius 1 is 1.36 bits per heavy atom. The molecule has 0 saturated heterocycles. The first-order chi connectivity index (χ1) is 10.6. The fraction of sp³-hybridized carbons (Fsp3) is 0.588. The van der Waals surface area contributed by atoms with Crippen molar-refractivity contribution in [3.05, 3.63) is 17.7 Å². The second-order valence-electron chi connectivity index (χ2n) is 6.39. The smallest absolute Gasteiger partial charge is 0.303 e. The number of nitrogens with two attached hydrogens (primary N) is 1. The molecule has 0 aliphatic heterocycles. The lowest BCUT2D eigenvalue weighted by molar-refractivity contribution is -0.136. The van der Waals surface area contributed by atoms with Crippen molar-refractivity contribution in [2.24, 2.45) is 11.8 Å². The van der Waals surface area contributed by atoms with Gasteiger partial charge in [0.05, 0.1) is 12.8 Å². The maximum atomic E-state index is 10.8. The third-order valence-electron chi connectivity index (χ3n) is 5.02. The van der Waals surface area contributed by atoms with Crippen LogP contribution in [0.15, 0.2) is 12.1 Å². The zero-order valence-corrected chi connectivity index (χ0v) is 12.9. The SMILES string of the molecule is COc1ccc(CCC(=O)O)c(N)c1OC1CC2CCC1C2. The average molecular weight is 305 g/mol. The number of hydrogen-bond donors (Lipinski definition) is 2. The molecule has 0 aromatic heterocycles. The molecule has 5 nitrogen and oxygen atoms in total. The van der Waals surface area contributed by atoms with Gasteiger partial charge in [0.2, 0.25) is 0 Å². The minimum atomic E-state index is -0.828. The zero-order chi connectivity index (χ0) is 15.7. The summed E-state index contributed by atoms with van der Waals surface area (Å²) in [5, 5.41) is 8.84. The van der Waals surface area contributed by atoms with E-state index < -0.39 is 5.97 Å². The first kappa shape index (κ1) is 15.0. The highest BCUT2D eigenvalue weighted by atomic mass is 16.5. The molecule has 2 aliphatic carbocycles. The van der Waals surface area contributed by atoms with Gasteiger partial charge in [-0.05, 0) is 55.6 Å². The van der Waals surface area contributed by atoms with Crippen LogP contribution in [0.2, 0.25) is 0 Å². The van der Waals surface area contributed by atoms with Crippen molar-refractivity contribution < 1.29 is 19.4 Å². The van der Waals surface area contributed by atoms with Crippen LogP contribution in [0.5, 0.6) is 11.5 Å². The number of hydrogen-bond acceptors (Lipinski definition) is 4. The van der Waals surface area contributed by atoms with Gasteiger partial charge >= 0.3 is 5.97 Å². The molecule has 2 fully saturated rings. The Labute approximate surface area is 130 Å². The lowest BCUT2D eigenvalue weighted by atomic mass is 9.97. The van der Waals surface area contributed by atoms with Gasteiger partial charge < -0.3 is 20.3 Å². The normalized spacial score (nSPS) is 26.1. The average Bonchev–Trinajstić information content (AvgIpc) is 3.10. The number of rotatable bonds is 6. The predicted molar refractivity (Wildman–Crippen MR) is 83.2 cm³/mol. The first-order valence-corrected chi connectivity index (χ1v) is 7.92. The van der Waals surface area contributed by atoms with E-state index in [1.807, 2.05) is 12.1 Å². The molecule has 120 valence electrons. The number of methoxy groups -OCH3 is 1. The van der Waals surface area contributed by atoms with Crippen LogP contribution in [-0.4, -0.2) is 24.3 Å². The number of carboxylic acid groups (broad SMARTS) is 1. The summed E-state index contributed by atoms with van der Waals surface area (Å²) < 4.78 is 11.6. The van der Waals surface area contributed by atoms with E-state index >= 15 is 0 Å². The van der Waals surface area contributed by atoms with Crippen molar-refractivity contribution in [1.29, 1.82) is 0 Å². The Hall–Kier alpha value is -1.91. The predicted octanol–water partition coefficient (Wildman–Crippen LogP) is 2.86. The molecule has 1 aromatic carbocycles. The molecule has 0 amide bonds. The Morgan fingerprint density at radius 2 is 2.18 bits per heavy atom. The van der Waals surface area contributed by atoms with E-state index in [2.05, 4.69) is 0 Å². The van der Waals surface area contributed by atoms with E-state index in [1.54, 1.807) is 7.11 Å². The van der Waals surface area contributed by atoms with Crippen LogP contribution < -0.4 is 15.2 Å². The molecular weight excluding hydrogens is 282 g/mol. The van der Waals surface area contributed by atoms with Crippen LogP contribution in [0, 0.1) is 11.8 Å². The summed E-state index contributed by atoms with van der Waals surface area (Å²) >= 11 is 0. The molecule has 0 heterocycles. The van der Waals surface area contributed by atoms with E-state index in [0.717, 1.165) is 17.9 Å². The van der Waals surface area contributed by atoms with Crippen molar-refractivity contribution in [2.45, 2.75) is 44.6 Å². The number of nitrogen functional groups attached to an aromatic ring is 1. The van der Waals surface area contributed by atoms with Gasteiger partial charge in [0.15, 0.2) is 11.5 Å². The fourth-order valence-corrected chi connectivity index (χ4v) is 3.84. The highest BCUT2D eigenvalue weighted by molar-refractivity contribution is 5.69. The molecule has 0 spiro atoms. The number of ether oxygens (including phenoxy) is 2. The Kier molecular flexibility index (Phi) is 4.14. The van der Waals surface area contributed by atoms with Crippen LogP contribution in [0.4, 0.5) is 5.69 Å². The van der Waals surface area contributed by atoms with Crippen molar-refractivity contribution >= 4 is 11.7 Å². The maximum Gasteiger partial charge on any atom is 0.303 e. The fourth-order valence-electron chi connectivity index (χ4n) is 3.84. The van der Waals surface area contributed by atoms with E-state index in [9.17, 15) is 4.79 Å². The summed E-state index contributed by atoms with van der Waals surface area (Å²) in [4.78, 5) is 10.8. The van der Waals surface area contributed by atoms with Crippen LogP contribution in [0.3, 0.4) is 0 Å². The first-order valence-electron chi connectivity index (χ1n) is 7.92. The minimum Gasteiger partial charge on any atom is -0.493 e. The third kappa shape index (κ3) is 2.85. The molecule has 0 radical (unpaired) electrons. The largest absolute Gasteiger partial charge is 0.493 e.